The van der Waals surface area contributed by atoms with E-state index in [-0.39, 0.29) is 30.7 Å². The average molecular weight is 434 g/mol. The van der Waals surface area contributed by atoms with Crippen LogP contribution in [0.4, 0.5) is 0 Å². The maximum atomic E-state index is 12.7. The fraction of sp³-hybridized carbons (Fsp3) is 0.280. The number of ether oxygens (including phenoxy) is 1. The fourth-order valence-electron chi connectivity index (χ4n) is 3.46. The third kappa shape index (κ3) is 5.91. The third-order valence-corrected chi connectivity index (χ3v) is 5.29. The number of rotatable bonds is 8. The predicted molar refractivity (Wildman–Crippen MR) is 119 cm³/mol. The van der Waals surface area contributed by atoms with Gasteiger partial charge in [0, 0.05) is 30.8 Å². The Hall–Kier alpha value is -3.74. The van der Waals surface area contributed by atoms with Gasteiger partial charge >= 0.3 is 5.97 Å². The Labute approximate surface area is 187 Å². The molecule has 7 nitrogen and oxygen atoms in total. The SMILES string of the molecule is CN(CCOC(=O)[C@@H]1CCCN1C(=O)c1ccccc1)C(=O)/C=C/C(=O)c1ccccc1. The monoisotopic (exact) mass is 434 g/mol. The van der Waals surface area contributed by atoms with Gasteiger partial charge in [0.2, 0.25) is 5.91 Å². The smallest absolute Gasteiger partial charge is 0.328 e. The zero-order valence-electron chi connectivity index (χ0n) is 18.0. The molecule has 2 amide bonds. The van der Waals surface area contributed by atoms with Gasteiger partial charge in [0.25, 0.3) is 5.91 Å². The average Bonchev–Trinajstić information content (AvgIpc) is 3.33. The molecule has 3 rings (SSSR count). The second kappa shape index (κ2) is 11.0. The van der Waals surface area contributed by atoms with E-state index < -0.39 is 12.0 Å². The molecule has 1 aliphatic rings. The maximum Gasteiger partial charge on any atom is 0.328 e. The molecule has 2 aromatic rings. The van der Waals surface area contributed by atoms with E-state index in [2.05, 4.69) is 0 Å². The van der Waals surface area contributed by atoms with Crippen LogP contribution in [0.25, 0.3) is 0 Å². The molecule has 2 aromatic carbocycles. The van der Waals surface area contributed by atoms with Crippen molar-refractivity contribution in [3.63, 3.8) is 0 Å². The molecule has 1 atom stereocenters. The number of amides is 2. The summed E-state index contributed by atoms with van der Waals surface area (Å²) in [4.78, 5) is 52.4. The van der Waals surface area contributed by atoms with Crippen LogP contribution < -0.4 is 0 Å². The second-order valence-electron chi connectivity index (χ2n) is 7.51. The van der Waals surface area contributed by atoms with Crippen molar-refractivity contribution in [1.82, 2.24) is 9.80 Å². The van der Waals surface area contributed by atoms with Crippen molar-refractivity contribution in [3.8, 4) is 0 Å². The number of likely N-dealkylation sites (N-methyl/N-ethyl adjacent to an activating group) is 1. The van der Waals surface area contributed by atoms with Crippen LogP contribution in [-0.4, -0.2) is 66.2 Å². The topological polar surface area (TPSA) is 84.0 Å². The first-order valence-electron chi connectivity index (χ1n) is 10.5. The van der Waals surface area contributed by atoms with E-state index in [4.69, 9.17) is 4.74 Å². The zero-order chi connectivity index (χ0) is 22.9. The molecule has 7 heteroatoms. The van der Waals surface area contributed by atoms with E-state index in [1.807, 2.05) is 12.1 Å². The Bertz CT molecular complexity index is 988. The normalized spacial score (nSPS) is 15.5. The van der Waals surface area contributed by atoms with Gasteiger partial charge in [-0.15, -0.1) is 0 Å². The molecule has 1 heterocycles. The van der Waals surface area contributed by atoms with Crippen LogP contribution in [0.1, 0.15) is 33.6 Å². The predicted octanol–water partition coefficient (Wildman–Crippen LogP) is 2.73. The Morgan fingerprint density at radius 2 is 1.59 bits per heavy atom. The number of allylic oxidation sites excluding steroid dienone is 1. The van der Waals surface area contributed by atoms with Gasteiger partial charge in [-0.25, -0.2) is 4.79 Å². The first-order chi connectivity index (χ1) is 15.5. The molecule has 0 aliphatic carbocycles. The molecule has 0 saturated carbocycles. The van der Waals surface area contributed by atoms with Crippen LogP contribution in [0.5, 0.6) is 0 Å². The number of benzene rings is 2. The lowest BCUT2D eigenvalue weighted by molar-refractivity contribution is -0.149. The second-order valence-corrected chi connectivity index (χ2v) is 7.51. The number of ketones is 1. The molecule has 32 heavy (non-hydrogen) atoms. The van der Waals surface area contributed by atoms with Gasteiger partial charge in [-0.2, -0.15) is 0 Å². The van der Waals surface area contributed by atoms with Crippen molar-refractivity contribution in [1.29, 1.82) is 0 Å². The minimum Gasteiger partial charge on any atom is -0.462 e. The largest absolute Gasteiger partial charge is 0.462 e. The van der Waals surface area contributed by atoms with Gasteiger partial charge in [-0.05, 0) is 31.1 Å². The van der Waals surface area contributed by atoms with Gasteiger partial charge in [0.05, 0.1) is 6.54 Å². The highest BCUT2D eigenvalue weighted by Crippen LogP contribution is 2.21. The summed E-state index contributed by atoms with van der Waals surface area (Å²) >= 11 is 0. The van der Waals surface area contributed by atoms with Crippen LogP contribution in [0, 0.1) is 0 Å². The fourth-order valence-corrected chi connectivity index (χ4v) is 3.46. The van der Waals surface area contributed by atoms with Crippen molar-refractivity contribution in [2.45, 2.75) is 18.9 Å². The number of likely N-dealkylation sites (tertiary alicyclic amines) is 1. The highest BCUT2D eigenvalue weighted by Gasteiger charge is 2.35. The number of nitrogens with zero attached hydrogens (tertiary/aromatic N) is 2. The molecule has 1 fully saturated rings. The Morgan fingerprint density at radius 1 is 0.969 bits per heavy atom. The number of carbonyl (C=O) groups is 4. The summed E-state index contributed by atoms with van der Waals surface area (Å²) in [6, 6.07) is 16.9. The number of carbonyl (C=O) groups excluding carboxylic acids is 4. The number of esters is 1. The minimum absolute atomic E-state index is 0.00537. The van der Waals surface area contributed by atoms with Crippen molar-refractivity contribution >= 4 is 23.6 Å². The van der Waals surface area contributed by atoms with Crippen LogP contribution in [-0.2, 0) is 14.3 Å². The summed E-state index contributed by atoms with van der Waals surface area (Å²) in [7, 11) is 1.56. The molecule has 1 aliphatic heterocycles. The van der Waals surface area contributed by atoms with E-state index in [0.717, 1.165) is 6.42 Å². The van der Waals surface area contributed by atoms with Gasteiger partial charge in [0.15, 0.2) is 5.78 Å². The van der Waals surface area contributed by atoms with Crippen molar-refractivity contribution < 1.29 is 23.9 Å². The van der Waals surface area contributed by atoms with Gasteiger partial charge in [0.1, 0.15) is 12.6 Å². The Kier molecular flexibility index (Phi) is 7.91. The molecule has 0 aromatic heterocycles. The van der Waals surface area contributed by atoms with E-state index in [1.165, 1.54) is 17.1 Å². The van der Waals surface area contributed by atoms with Gasteiger partial charge in [-0.3, -0.25) is 14.4 Å². The van der Waals surface area contributed by atoms with Crippen LogP contribution in [0.2, 0.25) is 0 Å². The first-order valence-corrected chi connectivity index (χ1v) is 10.5. The lowest BCUT2D eigenvalue weighted by Gasteiger charge is -2.24. The lowest BCUT2D eigenvalue weighted by Crippen LogP contribution is -2.42. The van der Waals surface area contributed by atoms with E-state index in [0.29, 0.717) is 24.1 Å². The quantitative estimate of drug-likeness (QED) is 0.362. The van der Waals surface area contributed by atoms with Crippen molar-refractivity contribution in [2.24, 2.45) is 0 Å². The Morgan fingerprint density at radius 3 is 2.25 bits per heavy atom. The van der Waals surface area contributed by atoms with Crippen LogP contribution >= 0.6 is 0 Å². The van der Waals surface area contributed by atoms with Gasteiger partial charge < -0.3 is 14.5 Å². The summed E-state index contributed by atoms with van der Waals surface area (Å²) in [5, 5.41) is 0. The molecule has 0 spiro atoms. The van der Waals surface area contributed by atoms with Crippen LogP contribution in [0.15, 0.2) is 72.8 Å². The maximum absolute atomic E-state index is 12.7. The summed E-state index contributed by atoms with van der Waals surface area (Å²) in [5.74, 6) is -1.29. The highest BCUT2D eigenvalue weighted by atomic mass is 16.5. The standard InChI is InChI=1S/C25H26N2O5/c1-26(23(29)15-14-22(28)19-9-4-2-5-10-19)17-18-32-25(31)21-13-8-16-27(21)24(30)20-11-6-3-7-12-20/h2-7,9-12,14-15,21H,8,13,16-18H2,1H3/b15-14+/t21-/m0/s1. The molecule has 1 saturated heterocycles. The van der Waals surface area contributed by atoms with E-state index in [1.54, 1.807) is 60.5 Å². The zero-order valence-corrected chi connectivity index (χ0v) is 18.0. The summed E-state index contributed by atoms with van der Waals surface area (Å²) < 4.78 is 5.34. The van der Waals surface area contributed by atoms with E-state index >= 15 is 0 Å². The van der Waals surface area contributed by atoms with Crippen LogP contribution in [0.3, 0.4) is 0 Å². The minimum atomic E-state index is -0.618. The molecule has 166 valence electrons. The summed E-state index contributed by atoms with van der Waals surface area (Å²) in [6.07, 6.45) is 3.72. The molecule has 0 bridgehead atoms. The third-order valence-electron chi connectivity index (χ3n) is 5.29. The molecule has 0 radical (unpaired) electrons. The lowest BCUT2D eigenvalue weighted by atomic mass is 10.1. The molecule has 0 N–H and O–H groups in total. The molecule has 0 unspecified atom stereocenters. The molecular formula is C25H26N2O5. The van der Waals surface area contributed by atoms with Crippen molar-refractivity contribution in [3.05, 3.63) is 83.9 Å². The molecular weight excluding hydrogens is 408 g/mol. The first kappa shape index (κ1) is 22.9. The van der Waals surface area contributed by atoms with E-state index in [9.17, 15) is 19.2 Å². The summed E-state index contributed by atoms with van der Waals surface area (Å²) in [6.45, 7) is 0.686. The number of hydrogen-bond donors (Lipinski definition) is 0. The summed E-state index contributed by atoms with van der Waals surface area (Å²) in [5.41, 5.74) is 1.04. The highest BCUT2D eigenvalue weighted by molar-refractivity contribution is 6.07. The van der Waals surface area contributed by atoms with Gasteiger partial charge in [-0.1, -0.05) is 48.5 Å². The van der Waals surface area contributed by atoms with Crippen molar-refractivity contribution in [2.75, 3.05) is 26.7 Å². The Balaban J connectivity index is 1.46. The number of hydrogen-bond acceptors (Lipinski definition) is 5.